The first kappa shape index (κ1) is 14.8. The van der Waals surface area contributed by atoms with E-state index < -0.39 is 0 Å². The Kier molecular flexibility index (Phi) is 4.60. The van der Waals surface area contributed by atoms with Crippen LogP contribution in [0.25, 0.3) is 0 Å². The second-order valence-corrected chi connectivity index (χ2v) is 6.45. The SMILES string of the molecule is Cc1ncn(CC(C)C)c1CSc1ccc(N)c(N)c1. The molecular weight excluding hydrogens is 268 g/mol. The maximum atomic E-state index is 5.84. The molecule has 0 fully saturated rings. The average molecular weight is 290 g/mol. The molecule has 0 aliphatic carbocycles. The van der Waals surface area contributed by atoms with Crippen LogP contribution in [0.15, 0.2) is 29.4 Å². The van der Waals surface area contributed by atoms with Gasteiger partial charge in [0.15, 0.2) is 0 Å². The van der Waals surface area contributed by atoms with Crippen molar-refractivity contribution < 1.29 is 0 Å². The first-order chi connectivity index (χ1) is 9.47. The van der Waals surface area contributed by atoms with Crippen molar-refractivity contribution in [1.29, 1.82) is 0 Å². The van der Waals surface area contributed by atoms with E-state index in [2.05, 4.69) is 30.3 Å². The van der Waals surface area contributed by atoms with Gasteiger partial charge in [-0.25, -0.2) is 4.98 Å². The van der Waals surface area contributed by atoms with Gasteiger partial charge in [0.2, 0.25) is 0 Å². The Labute approximate surface area is 124 Å². The summed E-state index contributed by atoms with van der Waals surface area (Å²) in [5, 5.41) is 0. The number of thioether (sulfide) groups is 1. The van der Waals surface area contributed by atoms with Gasteiger partial charge in [0, 0.05) is 17.2 Å². The van der Waals surface area contributed by atoms with Gasteiger partial charge in [0.05, 0.1) is 29.1 Å². The molecule has 0 bridgehead atoms. The number of nitrogen functional groups attached to an aromatic ring is 2. The zero-order valence-corrected chi connectivity index (χ0v) is 13.1. The summed E-state index contributed by atoms with van der Waals surface area (Å²) in [4.78, 5) is 5.55. The van der Waals surface area contributed by atoms with E-state index in [1.807, 2.05) is 24.5 Å². The summed E-state index contributed by atoms with van der Waals surface area (Å²) >= 11 is 1.76. The summed E-state index contributed by atoms with van der Waals surface area (Å²) in [5.74, 6) is 1.50. The molecule has 0 spiro atoms. The Morgan fingerprint density at radius 3 is 2.65 bits per heavy atom. The quantitative estimate of drug-likeness (QED) is 0.655. The zero-order valence-electron chi connectivity index (χ0n) is 12.3. The highest BCUT2D eigenvalue weighted by Crippen LogP contribution is 2.28. The Morgan fingerprint density at radius 1 is 1.25 bits per heavy atom. The van der Waals surface area contributed by atoms with Crippen molar-refractivity contribution in [2.24, 2.45) is 5.92 Å². The summed E-state index contributed by atoms with van der Waals surface area (Å²) < 4.78 is 2.24. The number of imidazole rings is 1. The first-order valence-corrected chi connectivity index (χ1v) is 7.74. The van der Waals surface area contributed by atoms with E-state index in [4.69, 9.17) is 11.5 Å². The lowest BCUT2D eigenvalue weighted by molar-refractivity contribution is 0.514. The molecule has 4 N–H and O–H groups in total. The zero-order chi connectivity index (χ0) is 14.7. The molecule has 0 saturated carbocycles. The van der Waals surface area contributed by atoms with Gasteiger partial charge in [-0.05, 0) is 31.0 Å². The molecule has 0 saturated heterocycles. The molecule has 0 aliphatic rings. The first-order valence-electron chi connectivity index (χ1n) is 6.75. The van der Waals surface area contributed by atoms with Crippen LogP contribution in [-0.2, 0) is 12.3 Å². The lowest BCUT2D eigenvalue weighted by Crippen LogP contribution is -2.07. The molecule has 1 aromatic heterocycles. The number of hydrogen-bond donors (Lipinski definition) is 2. The number of nitrogens with two attached hydrogens (primary N) is 2. The minimum Gasteiger partial charge on any atom is -0.397 e. The fourth-order valence-electron chi connectivity index (χ4n) is 2.04. The molecule has 2 aromatic rings. The van der Waals surface area contributed by atoms with Crippen LogP contribution < -0.4 is 11.5 Å². The van der Waals surface area contributed by atoms with Gasteiger partial charge in [0.1, 0.15) is 0 Å². The number of anilines is 2. The molecule has 0 aliphatic heterocycles. The van der Waals surface area contributed by atoms with Crippen molar-refractivity contribution in [3.05, 3.63) is 35.9 Å². The molecule has 1 aromatic carbocycles. The highest BCUT2D eigenvalue weighted by atomic mass is 32.2. The van der Waals surface area contributed by atoms with E-state index in [0.717, 1.165) is 22.9 Å². The fraction of sp³-hybridized carbons (Fsp3) is 0.400. The molecule has 0 atom stereocenters. The number of aryl methyl sites for hydroxylation is 1. The Bertz CT molecular complexity index is 590. The summed E-state index contributed by atoms with van der Waals surface area (Å²) in [5.41, 5.74) is 15.2. The van der Waals surface area contributed by atoms with E-state index in [-0.39, 0.29) is 0 Å². The number of aromatic nitrogens is 2. The van der Waals surface area contributed by atoms with Crippen LogP contribution in [0.4, 0.5) is 11.4 Å². The third-order valence-electron chi connectivity index (χ3n) is 3.15. The molecule has 0 amide bonds. The third kappa shape index (κ3) is 3.48. The van der Waals surface area contributed by atoms with E-state index in [1.54, 1.807) is 11.8 Å². The molecule has 108 valence electrons. The van der Waals surface area contributed by atoms with Crippen molar-refractivity contribution >= 4 is 23.1 Å². The third-order valence-corrected chi connectivity index (χ3v) is 4.16. The topological polar surface area (TPSA) is 69.9 Å². The Hall–Kier alpha value is -1.62. The van der Waals surface area contributed by atoms with Gasteiger partial charge in [0.25, 0.3) is 0 Å². The number of rotatable bonds is 5. The monoisotopic (exact) mass is 290 g/mol. The van der Waals surface area contributed by atoms with Gasteiger partial charge < -0.3 is 16.0 Å². The van der Waals surface area contributed by atoms with Crippen LogP contribution >= 0.6 is 11.8 Å². The molecule has 0 unspecified atom stereocenters. The smallest absolute Gasteiger partial charge is 0.0951 e. The molecule has 5 heteroatoms. The fourth-order valence-corrected chi connectivity index (χ4v) is 3.09. The molecular formula is C15H22N4S. The second kappa shape index (κ2) is 6.22. The van der Waals surface area contributed by atoms with Gasteiger partial charge in [-0.15, -0.1) is 11.8 Å². The maximum absolute atomic E-state index is 5.84. The minimum atomic E-state index is 0.611. The van der Waals surface area contributed by atoms with Gasteiger partial charge >= 0.3 is 0 Å². The normalized spacial score (nSPS) is 11.2. The molecule has 4 nitrogen and oxygen atoms in total. The van der Waals surface area contributed by atoms with Gasteiger partial charge in [-0.3, -0.25) is 0 Å². The molecule has 0 radical (unpaired) electrons. The predicted molar refractivity (Wildman–Crippen MR) is 86.6 cm³/mol. The van der Waals surface area contributed by atoms with Crippen LogP contribution in [0.2, 0.25) is 0 Å². The Morgan fingerprint density at radius 2 is 2.00 bits per heavy atom. The molecule has 20 heavy (non-hydrogen) atoms. The summed E-state index contributed by atoms with van der Waals surface area (Å²) in [7, 11) is 0. The predicted octanol–water partition coefficient (Wildman–Crippen LogP) is 3.30. The highest BCUT2D eigenvalue weighted by Gasteiger charge is 2.09. The van der Waals surface area contributed by atoms with Crippen LogP contribution in [0, 0.1) is 12.8 Å². The van der Waals surface area contributed by atoms with Crippen molar-refractivity contribution in [2.45, 2.75) is 38.0 Å². The number of nitrogens with zero attached hydrogens (tertiary/aromatic N) is 2. The van der Waals surface area contributed by atoms with Crippen LogP contribution in [0.1, 0.15) is 25.2 Å². The van der Waals surface area contributed by atoms with E-state index in [1.165, 1.54) is 5.69 Å². The lowest BCUT2D eigenvalue weighted by atomic mass is 10.2. The van der Waals surface area contributed by atoms with E-state index >= 15 is 0 Å². The van der Waals surface area contributed by atoms with Gasteiger partial charge in [-0.1, -0.05) is 13.8 Å². The van der Waals surface area contributed by atoms with Crippen LogP contribution in [0.3, 0.4) is 0 Å². The van der Waals surface area contributed by atoms with Gasteiger partial charge in [-0.2, -0.15) is 0 Å². The lowest BCUT2D eigenvalue weighted by Gasteiger charge is -2.11. The largest absolute Gasteiger partial charge is 0.397 e. The molecule has 2 rings (SSSR count). The average Bonchev–Trinajstić information content (AvgIpc) is 2.71. The van der Waals surface area contributed by atoms with Crippen LogP contribution in [-0.4, -0.2) is 9.55 Å². The Balaban J connectivity index is 2.10. The number of hydrogen-bond acceptors (Lipinski definition) is 4. The summed E-state index contributed by atoms with van der Waals surface area (Å²) in [6, 6.07) is 5.79. The minimum absolute atomic E-state index is 0.611. The van der Waals surface area contributed by atoms with Crippen LogP contribution in [0.5, 0.6) is 0 Å². The van der Waals surface area contributed by atoms with Crippen molar-refractivity contribution in [3.8, 4) is 0 Å². The number of benzene rings is 1. The van der Waals surface area contributed by atoms with E-state index in [0.29, 0.717) is 17.3 Å². The van der Waals surface area contributed by atoms with Crippen molar-refractivity contribution in [3.63, 3.8) is 0 Å². The van der Waals surface area contributed by atoms with Crippen molar-refractivity contribution in [1.82, 2.24) is 9.55 Å². The maximum Gasteiger partial charge on any atom is 0.0951 e. The summed E-state index contributed by atoms with van der Waals surface area (Å²) in [6.45, 7) is 7.49. The standard InChI is InChI=1S/C15H22N4S/c1-10(2)7-19-9-18-11(3)15(19)8-20-12-4-5-13(16)14(17)6-12/h4-6,9-10H,7-8,16-17H2,1-3H3. The van der Waals surface area contributed by atoms with E-state index in [9.17, 15) is 0 Å². The molecule has 1 heterocycles. The summed E-state index contributed by atoms with van der Waals surface area (Å²) in [6.07, 6.45) is 1.93. The second-order valence-electron chi connectivity index (χ2n) is 5.40. The van der Waals surface area contributed by atoms with Crippen molar-refractivity contribution in [2.75, 3.05) is 11.5 Å². The highest BCUT2D eigenvalue weighted by molar-refractivity contribution is 7.98.